The Labute approximate surface area is 175 Å². The number of carbonyl (C=O) groups excluding carboxylic acids is 2. The molecule has 1 aliphatic rings. The van der Waals surface area contributed by atoms with Gasteiger partial charge in [-0.15, -0.1) is 0 Å². The van der Waals surface area contributed by atoms with Gasteiger partial charge in [0.25, 0.3) is 0 Å². The number of amides is 1. The number of carbonyl (C=O) groups is 2. The highest BCUT2D eigenvalue weighted by atomic mass is 16.6. The lowest BCUT2D eigenvalue weighted by atomic mass is 9.91. The van der Waals surface area contributed by atoms with Crippen LogP contribution < -0.4 is 15.7 Å². The van der Waals surface area contributed by atoms with Crippen LogP contribution in [-0.4, -0.2) is 23.7 Å². The normalized spacial score (nSPS) is 14.9. The largest absolute Gasteiger partial charge is 0.444 e. The number of benzene rings is 1. The quantitative estimate of drug-likeness (QED) is 0.458. The minimum absolute atomic E-state index is 0.213. The fraction of sp³-hybridized carbons (Fsp3) is 0.522. The minimum Gasteiger partial charge on any atom is -0.444 e. The number of hydrogen-bond acceptors (Lipinski definition) is 6. The molecule has 0 radical (unpaired) electrons. The van der Waals surface area contributed by atoms with E-state index in [0.29, 0.717) is 5.58 Å². The van der Waals surface area contributed by atoms with E-state index in [4.69, 9.17) is 13.9 Å². The van der Waals surface area contributed by atoms with Crippen molar-refractivity contribution < 1.29 is 23.5 Å². The molecule has 1 heterocycles. The number of rotatable bonds is 4. The van der Waals surface area contributed by atoms with Gasteiger partial charge in [0.2, 0.25) is 0 Å². The second-order valence-corrected chi connectivity index (χ2v) is 9.00. The van der Waals surface area contributed by atoms with Crippen LogP contribution in [-0.2, 0) is 22.4 Å². The molecular weight excluding hydrogens is 386 g/mol. The van der Waals surface area contributed by atoms with Crippen LogP contribution in [0.15, 0.2) is 27.4 Å². The summed E-state index contributed by atoms with van der Waals surface area (Å²) in [6, 6.07) is 4.16. The molecule has 0 fully saturated rings. The molecule has 0 unspecified atom stereocenters. The zero-order valence-electron chi connectivity index (χ0n) is 18.2. The molecule has 2 aromatic rings. The number of aryl methyl sites for hydroxylation is 1. The van der Waals surface area contributed by atoms with Gasteiger partial charge in [-0.3, -0.25) is 0 Å². The highest BCUT2D eigenvalue weighted by Crippen LogP contribution is 2.29. The van der Waals surface area contributed by atoms with E-state index in [0.717, 1.165) is 42.2 Å². The summed E-state index contributed by atoms with van der Waals surface area (Å²) in [6.45, 7) is 8.84. The van der Waals surface area contributed by atoms with Crippen molar-refractivity contribution in [2.24, 2.45) is 5.92 Å². The molecule has 7 heteroatoms. The van der Waals surface area contributed by atoms with Gasteiger partial charge in [-0.2, -0.15) is 0 Å². The number of esters is 1. The standard InChI is InChI=1S/C23H29NO6/c1-13(2)19(24-22(27)30-23(3,4)5)21(26)28-14-10-11-16-15-8-6-7-9-17(15)20(25)29-18(16)12-14/h10-13,19H,6-9H2,1-5H3,(H,24,27)/t19-/m0/s1. The molecule has 0 aliphatic heterocycles. The van der Waals surface area contributed by atoms with E-state index in [1.165, 1.54) is 0 Å². The van der Waals surface area contributed by atoms with Crippen LogP contribution in [0.4, 0.5) is 4.79 Å². The Morgan fingerprint density at radius 3 is 2.40 bits per heavy atom. The Balaban J connectivity index is 1.81. The van der Waals surface area contributed by atoms with Crippen LogP contribution in [0.1, 0.15) is 58.6 Å². The molecule has 1 aliphatic carbocycles. The fourth-order valence-corrected chi connectivity index (χ4v) is 3.60. The maximum Gasteiger partial charge on any atom is 0.408 e. The average molecular weight is 415 g/mol. The zero-order valence-corrected chi connectivity index (χ0v) is 18.2. The maximum atomic E-state index is 12.7. The topological polar surface area (TPSA) is 94.8 Å². The van der Waals surface area contributed by atoms with Crippen molar-refractivity contribution >= 4 is 23.0 Å². The summed E-state index contributed by atoms with van der Waals surface area (Å²) in [4.78, 5) is 37.1. The summed E-state index contributed by atoms with van der Waals surface area (Å²) in [5, 5.41) is 3.44. The summed E-state index contributed by atoms with van der Waals surface area (Å²) in [7, 11) is 0. The Bertz CT molecular complexity index is 1010. The summed E-state index contributed by atoms with van der Waals surface area (Å²) >= 11 is 0. The van der Waals surface area contributed by atoms with E-state index in [1.807, 2.05) is 6.07 Å². The third kappa shape index (κ3) is 5.01. The van der Waals surface area contributed by atoms with Crippen LogP contribution in [0, 0.1) is 5.92 Å². The van der Waals surface area contributed by atoms with E-state index < -0.39 is 23.7 Å². The first kappa shape index (κ1) is 21.9. The first-order valence-corrected chi connectivity index (χ1v) is 10.3. The Hall–Kier alpha value is -2.83. The van der Waals surface area contributed by atoms with E-state index >= 15 is 0 Å². The molecule has 1 atom stereocenters. The van der Waals surface area contributed by atoms with Crippen molar-refractivity contribution in [2.45, 2.75) is 71.9 Å². The van der Waals surface area contributed by atoms with E-state index in [-0.39, 0.29) is 17.3 Å². The molecule has 0 bridgehead atoms. The van der Waals surface area contributed by atoms with Crippen molar-refractivity contribution in [3.05, 3.63) is 39.7 Å². The molecule has 3 rings (SSSR count). The van der Waals surface area contributed by atoms with Crippen molar-refractivity contribution in [3.63, 3.8) is 0 Å². The monoisotopic (exact) mass is 415 g/mol. The molecule has 0 saturated heterocycles. The zero-order chi connectivity index (χ0) is 22.1. The molecule has 0 spiro atoms. The summed E-state index contributed by atoms with van der Waals surface area (Å²) in [5.41, 5.74) is 1.17. The molecule has 0 saturated carbocycles. The summed E-state index contributed by atoms with van der Waals surface area (Å²) in [6.07, 6.45) is 2.91. The van der Waals surface area contributed by atoms with Crippen molar-refractivity contribution in [1.29, 1.82) is 0 Å². The third-order valence-corrected chi connectivity index (χ3v) is 5.01. The number of nitrogens with one attached hydrogen (secondary N) is 1. The van der Waals surface area contributed by atoms with Crippen molar-refractivity contribution in [3.8, 4) is 5.75 Å². The van der Waals surface area contributed by atoms with Gasteiger partial charge in [-0.1, -0.05) is 13.8 Å². The van der Waals surface area contributed by atoms with Crippen LogP contribution in [0.2, 0.25) is 0 Å². The minimum atomic E-state index is -0.883. The first-order valence-electron chi connectivity index (χ1n) is 10.3. The molecule has 1 amide bonds. The second-order valence-electron chi connectivity index (χ2n) is 9.00. The van der Waals surface area contributed by atoms with Gasteiger partial charge in [-0.25, -0.2) is 14.4 Å². The van der Waals surface area contributed by atoms with Crippen LogP contribution in [0.3, 0.4) is 0 Å². The van der Waals surface area contributed by atoms with Gasteiger partial charge < -0.3 is 19.2 Å². The van der Waals surface area contributed by atoms with Crippen LogP contribution in [0.5, 0.6) is 5.75 Å². The van der Waals surface area contributed by atoms with Crippen molar-refractivity contribution in [1.82, 2.24) is 5.32 Å². The highest BCUT2D eigenvalue weighted by Gasteiger charge is 2.29. The molecular formula is C23H29NO6. The second kappa shape index (κ2) is 8.50. The van der Waals surface area contributed by atoms with E-state index in [1.54, 1.807) is 46.8 Å². The van der Waals surface area contributed by atoms with Gasteiger partial charge in [-0.05, 0) is 70.1 Å². The number of fused-ring (bicyclic) bond motifs is 3. The molecule has 1 aromatic carbocycles. The fourth-order valence-electron chi connectivity index (χ4n) is 3.60. The van der Waals surface area contributed by atoms with Crippen molar-refractivity contribution in [2.75, 3.05) is 0 Å². The Kier molecular flexibility index (Phi) is 6.19. The lowest BCUT2D eigenvalue weighted by molar-refractivity contribution is -0.137. The molecule has 1 aromatic heterocycles. The smallest absolute Gasteiger partial charge is 0.408 e. The first-order chi connectivity index (χ1) is 14.0. The Morgan fingerprint density at radius 2 is 1.77 bits per heavy atom. The van der Waals surface area contributed by atoms with Crippen LogP contribution >= 0.6 is 0 Å². The van der Waals surface area contributed by atoms with Gasteiger partial charge >= 0.3 is 17.7 Å². The predicted octanol–water partition coefficient (Wildman–Crippen LogP) is 4.13. The average Bonchev–Trinajstić information content (AvgIpc) is 2.64. The molecule has 162 valence electrons. The number of hydrogen-bond donors (Lipinski definition) is 1. The molecule has 7 nitrogen and oxygen atoms in total. The van der Waals surface area contributed by atoms with Gasteiger partial charge in [0.15, 0.2) is 0 Å². The predicted molar refractivity (Wildman–Crippen MR) is 113 cm³/mol. The van der Waals surface area contributed by atoms with E-state index in [2.05, 4.69) is 5.32 Å². The van der Waals surface area contributed by atoms with Gasteiger partial charge in [0, 0.05) is 17.0 Å². The number of alkyl carbamates (subject to hydrolysis) is 1. The highest BCUT2D eigenvalue weighted by molar-refractivity contribution is 5.86. The van der Waals surface area contributed by atoms with Crippen LogP contribution in [0.25, 0.3) is 11.0 Å². The Morgan fingerprint density at radius 1 is 1.10 bits per heavy atom. The summed E-state index contributed by atoms with van der Waals surface area (Å²) in [5.74, 6) is -0.575. The van der Waals surface area contributed by atoms with Gasteiger partial charge in [0.1, 0.15) is 23.0 Å². The lowest BCUT2D eigenvalue weighted by Gasteiger charge is -2.24. The number of ether oxygens (including phenoxy) is 2. The SMILES string of the molecule is CC(C)[C@H](NC(=O)OC(C)(C)C)C(=O)Oc1ccc2c3c(c(=O)oc2c1)CCCC3. The summed E-state index contributed by atoms with van der Waals surface area (Å²) < 4.78 is 16.2. The van der Waals surface area contributed by atoms with E-state index in [9.17, 15) is 14.4 Å². The third-order valence-electron chi connectivity index (χ3n) is 5.01. The lowest BCUT2D eigenvalue weighted by Crippen LogP contribution is -2.48. The van der Waals surface area contributed by atoms with Gasteiger partial charge in [0.05, 0.1) is 0 Å². The molecule has 30 heavy (non-hydrogen) atoms. The maximum absolute atomic E-state index is 12.7. The molecule has 1 N–H and O–H groups in total.